The van der Waals surface area contributed by atoms with Gasteiger partial charge in [0.25, 0.3) is 0 Å². The Morgan fingerprint density at radius 1 is 1.27 bits per heavy atom. The third-order valence-corrected chi connectivity index (χ3v) is 1.68. The lowest BCUT2D eigenvalue weighted by molar-refractivity contribution is -0.134. The normalized spacial score (nSPS) is 12.6. The number of likely N-dealkylation sites (N-methyl/N-ethyl adjacent to an activating group) is 1. The zero-order valence-corrected chi connectivity index (χ0v) is 9.98. The highest BCUT2D eigenvalue weighted by molar-refractivity contribution is 5.86. The van der Waals surface area contributed by atoms with E-state index in [2.05, 4.69) is 4.99 Å². The van der Waals surface area contributed by atoms with Crippen LogP contribution in [0, 0.1) is 0 Å². The average molecular weight is 213 g/mol. The number of rotatable bonds is 5. The van der Waals surface area contributed by atoms with Crippen molar-refractivity contribution in [3.63, 3.8) is 0 Å². The van der Waals surface area contributed by atoms with Crippen LogP contribution in [0.25, 0.3) is 0 Å². The zero-order chi connectivity index (χ0) is 12.0. The lowest BCUT2D eigenvalue weighted by Crippen LogP contribution is -2.25. The Balaban J connectivity index is 5.35. The molecule has 15 heavy (non-hydrogen) atoms. The van der Waals surface area contributed by atoms with Crippen molar-refractivity contribution in [1.82, 2.24) is 9.80 Å². The number of carboxylic acid groups (broad SMARTS) is 1. The average Bonchev–Trinajstić information content (AvgIpc) is 2.09. The molecule has 0 aliphatic carbocycles. The second-order valence-electron chi connectivity index (χ2n) is 3.49. The molecule has 0 aromatic carbocycles. The molecule has 0 aliphatic rings. The molecule has 0 saturated heterocycles. The van der Waals surface area contributed by atoms with Crippen LogP contribution in [-0.4, -0.2) is 55.3 Å². The number of carbonyl (C=O) groups is 1. The highest BCUT2D eigenvalue weighted by Gasteiger charge is 2.17. The topological polar surface area (TPSA) is 56.1 Å². The summed E-state index contributed by atoms with van der Waals surface area (Å²) in [6.45, 7) is 1.95. The summed E-state index contributed by atoms with van der Waals surface area (Å²) in [6.07, 6.45) is 2.47. The maximum atomic E-state index is 11.0. The van der Waals surface area contributed by atoms with Gasteiger partial charge in [0.15, 0.2) is 11.5 Å². The minimum Gasteiger partial charge on any atom is -0.476 e. The Morgan fingerprint density at radius 2 is 1.80 bits per heavy atom. The molecule has 0 bridgehead atoms. The second-order valence-corrected chi connectivity index (χ2v) is 3.49. The van der Waals surface area contributed by atoms with Gasteiger partial charge in [0, 0.05) is 34.4 Å². The maximum Gasteiger partial charge on any atom is 0.356 e. The summed E-state index contributed by atoms with van der Waals surface area (Å²) in [5.74, 6) is -0.522. The standard InChI is InChI=1S/C10H19N3O2/c1-6-7-11-9(13(4)5)8(10(14)15)12(2)3/h7H,6H2,1-5H3,(H,14,15). The molecule has 0 rings (SSSR count). The Kier molecular flexibility index (Phi) is 5.44. The Hall–Kier alpha value is -1.52. The number of aliphatic imine (C=N–C) groups is 1. The van der Waals surface area contributed by atoms with Crippen molar-refractivity contribution in [2.24, 2.45) is 4.99 Å². The molecule has 0 atom stereocenters. The predicted octanol–water partition coefficient (Wildman–Crippen LogP) is 0.844. The monoisotopic (exact) mass is 213 g/mol. The molecule has 0 aromatic heterocycles. The van der Waals surface area contributed by atoms with Gasteiger partial charge in [-0.3, -0.25) is 0 Å². The van der Waals surface area contributed by atoms with Gasteiger partial charge >= 0.3 is 5.97 Å². The number of aliphatic carboxylic acids is 1. The minimum absolute atomic E-state index is 0.185. The summed E-state index contributed by atoms with van der Waals surface area (Å²) in [5.41, 5.74) is 0.185. The first kappa shape index (κ1) is 13.5. The number of nitrogens with zero attached hydrogens (tertiary/aromatic N) is 3. The van der Waals surface area contributed by atoms with Gasteiger partial charge in [-0.2, -0.15) is 0 Å². The summed E-state index contributed by atoms with van der Waals surface area (Å²) in [4.78, 5) is 18.4. The van der Waals surface area contributed by atoms with E-state index in [4.69, 9.17) is 5.11 Å². The highest BCUT2D eigenvalue weighted by Crippen LogP contribution is 2.11. The van der Waals surface area contributed by atoms with Gasteiger partial charge in [-0.1, -0.05) is 6.92 Å². The van der Waals surface area contributed by atoms with E-state index >= 15 is 0 Å². The van der Waals surface area contributed by atoms with Crippen LogP contribution in [0.3, 0.4) is 0 Å². The molecule has 0 saturated carbocycles. The number of hydrogen-bond donors (Lipinski definition) is 1. The lowest BCUT2D eigenvalue weighted by Gasteiger charge is -2.20. The van der Waals surface area contributed by atoms with Crippen molar-refractivity contribution in [2.45, 2.75) is 13.3 Å². The molecule has 0 unspecified atom stereocenters. The van der Waals surface area contributed by atoms with Gasteiger partial charge in [-0.05, 0) is 6.42 Å². The zero-order valence-electron chi connectivity index (χ0n) is 9.98. The van der Waals surface area contributed by atoms with E-state index in [1.165, 1.54) is 0 Å². The summed E-state index contributed by atoms with van der Waals surface area (Å²) in [5, 5.41) is 9.06. The molecule has 0 heterocycles. The van der Waals surface area contributed by atoms with Gasteiger partial charge < -0.3 is 14.9 Å². The van der Waals surface area contributed by atoms with Crippen LogP contribution in [0.2, 0.25) is 0 Å². The van der Waals surface area contributed by atoms with Crippen molar-refractivity contribution in [3.05, 3.63) is 11.5 Å². The van der Waals surface area contributed by atoms with Crippen molar-refractivity contribution in [2.75, 3.05) is 28.2 Å². The first-order chi connectivity index (χ1) is 6.91. The molecule has 0 spiro atoms. The summed E-state index contributed by atoms with van der Waals surface area (Å²) in [6, 6.07) is 0. The fraction of sp³-hybridized carbons (Fsp3) is 0.600. The second kappa shape index (κ2) is 6.06. The van der Waals surface area contributed by atoms with E-state index < -0.39 is 5.97 Å². The highest BCUT2D eigenvalue weighted by atomic mass is 16.4. The molecule has 0 amide bonds. The summed E-state index contributed by atoms with van der Waals surface area (Å²) < 4.78 is 0. The van der Waals surface area contributed by atoms with Gasteiger partial charge in [0.05, 0.1) is 0 Å². The van der Waals surface area contributed by atoms with Crippen LogP contribution < -0.4 is 0 Å². The molecule has 1 N–H and O–H groups in total. The third kappa shape index (κ3) is 4.01. The van der Waals surface area contributed by atoms with Crippen molar-refractivity contribution >= 4 is 12.2 Å². The van der Waals surface area contributed by atoms with Gasteiger partial charge in [0.1, 0.15) is 0 Å². The first-order valence-electron chi connectivity index (χ1n) is 4.76. The van der Waals surface area contributed by atoms with Crippen LogP contribution in [0.1, 0.15) is 13.3 Å². The van der Waals surface area contributed by atoms with Gasteiger partial charge in [-0.25, -0.2) is 9.79 Å². The van der Waals surface area contributed by atoms with E-state index in [1.807, 2.05) is 6.92 Å². The first-order valence-corrected chi connectivity index (χ1v) is 4.76. The smallest absolute Gasteiger partial charge is 0.356 e. The molecular weight excluding hydrogens is 194 g/mol. The Morgan fingerprint density at radius 3 is 2.07 bits per heavy atom. The van der Waals surface area contributed by atoms with E-state index in [0.717, 1.165) is 6.42 Å². The van der Waals surface area contributed by atoms with Crippen LogP contribution >= 0.6 is 0 Å². The van der Waals surface area contributed by atoms with Crippen LogP contribution in [0.4, 0.5) is 0 Å². The summed E-state index contributed by atoms with van der Waals surface area (Å²) in [7, 11) is 6.92. The fourth-order valence-electron chi connectivity index (χ4n) is 1.05. The molecule has 0 aliphatic heterocycles. The molecule has 5 heteroatoms. The number of carboxylic acids is 1. The molecule has 0 radical (unpaired) electrons. The molecular formula is C10H19N3O2. The van der Waals surface area contributed by atoms with Crippen LogP contribution in [0.5, 0.6) is 0 Å². The molecule has 5 nitrogen and oxygen atoms in total. The van der Waals surface area contributed by atoms with Gasteiger partial charge in [0.2, 0.25) is 0 Å². The van der Waals surface area contributed by atoms with E-state index in [9.17, 15) is 4.79 Å². The van der Waals surface area contributed by atoms with E-state index in [-0.39, 0.29) is 5.70 Å². The quantitative estimate of drug-likeness (QED) is 0.543. The molecule has 86 valence electrons. The van der Waals surface area contributed by atoms with Crippen molar-refractivity contribution in [1.29, 1.82) is 0 Å². The van der Waals surface area contributed by atoms with E-state index in [0.29, 0.717) is 5.82 Å². The summed E-state index contributed by atoms with van der Waals surface area (Å²) >= 11 is 0. The number of hydrogen-bond acceptors (Lipinski definition) is 4. The van der Waals surface area contributed by atoms with E-state index in [1.54, 1.807) is 44.2 Å². The Labute approximate surface area is 90.7 Å². The molecule has 0 fully saturated rings. The van der Waals surface area contributed by atoms with Crippen LogP contribution in [-0.2, 0) is 4.79 Å². The van der Waals surface area contributed by atoms with Crippen molar-refractivity contribution < 1.29 is 9.90 Å². The molecule has 0 aromatic rings. The maximum absolute atomic E-state index is 11.0. The SMILES string of the molecule is CCC=NC(=C(C(=O)O)N(C)C)N(C)C. The predicted molar refractivity (Wildman–Crippen MR) is 60.8 cm³/mol. The fourth-order valence-corrected chi connectivity index (χ4v) is 1.05. The lowest BCUT2D eigenvalue weighted by atomic mass is 10.3. The Bertz CT molecular complexity index is 280. The minimum atomic E-state index is -0.975. The van der Waals surface area contributed by atoms with Crippen LogP contribution in [0.15, 0.2) is 16.5 Å². The van der Waals surface area contributed by atoms with Crippen molar-refractivity contribution in [3.8, 4) is 0 Å². The third-order valence-electron chi connectivity index (χ3n) is 1.68. The largest absolute Gasteiger partial charge is 0.476 e. The van der Waals surface area contributed by atoms with Gasteiger partial charge in [-0.15, -0.1) is 0 Å².